The highest BCUT2D eigenvalue weighted by molar-refractivity contribution is 8.00. The molecule has 0 saturated carbocycles. The topological polar surface area (TPSA) is 12.0 Å². The SMILES string of the molecule is Cc1ccc(C2NCCC(C)S2)cc1F. The molecule has 2 unspecified atom stereocenters. The van der Waals surface area contributed by atoms with Gasteiger partial charge in [0.05, 0.1) is 5.37 Å². The molecule has 1 aromatic rings. The third kappa shape index (κ3) is 2.52. The smallest absolute Gasteiger partial charge is 0.126 e. The molecule has 1 heterocycles. The number of aryl methyl sites for hydroxylation is 1. The normalized spacial score (nSPS) is 26.6. The Morgan fingerprint density at radius 3 is 2.93 bits per heavy atom. The highest BCUT2D eigenvalue weighted by atomic mass is 32.2. The molecule has 1 aromatic carbocycles. The quantitative estimate of drug-likeness (QED) is 0.787. The fraction of sp³-hybridized carbons (Fsp3) is 0.500. The molecule has 2 rings (SSSR count). The van der Waals surface area contributed by atoms with Crippen LogP contribution in [-0.4, -0.2) is 11.8 Å². The van der Waals surface area contributed by atoms with Gasteiger partial charge in [0.15, 0.2) is 0 Å². The Balaban J connectivity index is 2.18. The van der Waals surface area contributed by atoms with E-state index in [1.807, 2.05) is 23.9 Å². The van der Waals surface area contributed by atoms with Crippen LogP contribution in [-0.2, 0) is 0 Å². The molecule has 0 aromatic heterocycles. The van der Waals surface area contributed by atoms with E-state index in [0.29, 0.717) is 10.8 Å². The lowest BCUT2D eigenvalue weighted by molar-refractivity contribution is 0.591. The molecule has 82 valence electrons. The number of hydrogen-bond acceptors (Lipinski definition) is 2. The molecule has 1 aliphatic rings. The van der Waals surface area contributed by atoms with Gasteiger partial charge in [-0.25, -0.2) is 4.39 Å². The molecular weight excluding hydrogens is 209 g/mol. The van der Waals surface area contributed by atoms with Crippen LogP contribution >= 0.6 is 11.8 Å². The fourth-order valence-corrected chi connectivity index (χ4v) is 2.97. The van der Waals surface area contributed by atoms with E-state index in [-0.39, 0.29) is 11.2 Å². The molecule has 0 spiro atoms. The minimum Gasteiger partial charge on any atom is -0.302 e. The van der Waals surface area contributed by atoms with Crippen molar-refractivity contribution < 1.29 is 4.39 Å². The van der Waals surface area contributed by atoms with Crippen LogP contribution in [0, 0.1) is 12.7 Å². The second-order valence-electron chi connectivity index (χ2n) is 4.08. The number of thioether (sulfide) groups is 1. The third-order valence-electron chi connectivity index (χ3n) is 2.75. The molecule has 0 radical (unpaired) electrons. The molecule has 0 bridgehead atoms. The Hall–Kier alpha value is -0.540. The van der Waals surface area contributed by atoms with E-state index in [2.05, 4.69) is 12.2 Å². The van der Waals surface area contributed by atoms with Crippen LogP contribution in [0.4, 0.5) is 4.39 Å². The third-order valence-corrected chi connectivity index (χ3v) is 4.16. The van der Waals surface area contributed by atoms with E-state index in [4.69, 9.17) is 0 Å². The van der Waals surface area contributed by atoms with E-state index in [1.165, 1.54) is 6.42 Å². The van der Waals surface area contributed by atoms with Crippen molar-refractivity contribution in [2.45, 2.75) is 30.9 Å². The van der Waals surface area contributed by atoms with Gasteiger partial charge in [0.1, 0.15) is 5.82 Å². The monoisotopic (exact) mass is 225 g/mol. The predicted molar refractivity (Wildman–Crippen MR) is 63.6 cm³/mol. The van der Waals surface area contributed by atoms with E-state index < -0.39 is 0 Å². The summed E-state index contributed by atoms with van der Waals surface area (Å²) in [4.78, 5) is 0. The summed E-state index contributed by atoms with van der Waals surface area (Å²) in [6.45, 7) is 5.04. The maximum atomic E-state index is 13.4. The lowest BCUT2D eigenvalue weighted by Crippen LogP contribution is -2.28. The summed E-state index contributed by atoms with van der Waals surface area (Å²) in [5.74, 6) is -0.104. The van der Waals surface area contributed by atoms with Crippen molar-refractivity contribution in [3.05, 3.63) is 35.1 Å². The van der Waals surface area contributed by atoms with Crippen molar-refractivity contribution in [1.82, 2.24) is 5.32 Å². The Morgan fingerprint density at radius 2 is 2.27 bits per heavy atom. The van der Waals surface area contributed by atoms with Crippen LogP contribution in [0.1, 0.15) is 29.8 Å². The summed E-state index contributed by atoms with van der Waals surface area (Å²) >= 11 is 1.88. The van der Waals surface area contributed by atoms with Crippen molar-refractivity contribution >= 4 is 11.8 Å². The lowest BCUT2D eigenvalue weighted by atomic mass is 10.1. The highest BCUT2D eigenvalue weighted by Gasteiger charge is 2.20. The minimum atomic E-state index is -0.104. The van der Waals surface area contributed by atoms with Gasteiger partial charge in [-0.3, -0.25) is 0 Å². The molecule has 1 nitrogen and oxygen atoms in total. The molecule has 1 N–H and O–H groups in total. The van der Waals surface area contributed by atoms with E-state index >= 15 is 0 Å². The molecule has 1 aliphatic heterocycles. The number of nitrogens with one attached hydrogen (secondary N) is 1. The van der Waals surface area contributed by atoms with Crippen molar-refractivity contribution in [2.75, 3.05) is 6.54 Å². The average Bonchev–Trinajstić information content (AvgIpc) is 2.22. The van der Waals surface area contributed by atoms with E-state index in [1.54, 1.807) is 13.0 Å². The van der Waals surface area contributed by atoms with Gasteiger partial charge in [-0.15, -0.1) is 11.8 Å². The van der Waals surface area contributed by atoms with Gasteiger partial charge in [-0.2, -0.15) is 0 Å². The van der Waals surface area contributed by atoms with Gasteiger partial charge in [-0.1, -0.05) is 19.1 Å². The minimum absolute atomic E-state index is 0.104. The van der Waals surface area contributed by atoms with Crippen molar-refractivity contribution in [3.63, 3.8) is 0 Å². The molecule has 1 fully saturated rings. The second kappa shape index (κ2) is 4.54. The van der Waals surface area contributed by atoms with Gasteiger partial charge < -0.3 is 5.32 Å². The zero-order chi connectivity index (χ0) is 10.8. The summed E-state index contributed by atoms with van der Waals surface area (Å²) in [6.07, 6.45) is 1.19. The number of rotatable bonds is 1. The van der Waals surface area contributed by atoms with E-state index in [0.717, 1.165) is 12.1 Å². The first-order valence-corrected chi connectivity index (χ1v) is 6.26. The van der Waals surface area contributed by atoms with Crippen LogP contribution in [0.25, 0.3) is 0 Å². The Morgan fingerprint density at radius 1 is 1.47 bits per heavy atom. The zero-order valence-electron chi connectivity index (χ0n) is 9.09. The van der Waals surface area contributed by atoms with Gasteiger partial charge in [0.25, 0.3) is 0 Å². The van der Waals surface area contributed by atoms with Gasteiger partial charge >= 0.3 is 0 Å². The standard InChI is InChI=1S/C12H16FNS/c1-8-3-4-10(7-11(8)13)12-14-6-5-9(2)15-12/h3-4,7,9,12,14H,5-6H2,1-2H3. The van der Waals surface area contributed by atoms with Crippen LogP contribution in [0.15, 0.2) is 18.2 Å². The second-order valence-corrected chi connectivity index (χ2v) is 5.63. The van der Waals surface area contributed by atoms with Crippen molar-refractivity contribution in [2.24, 2.45) is 0 Å². The molecule has 1 saturated heterocycles. The van der Waals surface area contributed by atoms with E-state index in [9.17, 15) is 4.39 Å². The average molecular weight is 225 g/mol. The first-order valence-electron chi connectivity index (χ1n) is 5.31. The summed E-state index contributed by atoms with van der Waals surface area (Å²) in [5.41, 5.74) is 1.77. The first kappa shape index (κ1) is 11.0. The largest absolute Gasteiger partial charge is 0.302 e. The predicted octanol–water partition coefficient (Wildman–Crippen LogP) is 3.25. The summed E-state index contributed by atoms with van der Waals surface area (Å²) in [7, 11) is 0. The highest BCUT2D eigenvalue weighted by Crippen LogP contribution is 2.34. The Labute approximate surface area is 94.5 Å². The van der Waals surface area contributed by atoms with Crippen LogP contribution in [0.5, 0.6) is 0 Å². The summed E-state index contributed by atoms with van der Waals surface area (Å²) in [5, 5.41) is 4.32. The number of hydrogen-bond donors (Lipinski definition) is 1. The maximum Gasteiger partial charge on any atom is 0.126 e. The first-order chi connectivity index (χ1) is 7.16. The Bertz CT molecular complexity index is 353. The van der Waals surface area contributed by atoms with Crippen molar-refractivity contribution in [3.8, 4) is 0 Å². The van der Waals surface area contributed by atoms with Gasteiger partial charge in [0.2, 0.25) is 0 Å². The molecule has 2 atom stereocenters. The van der Waals surface area contributed by atoms with Crippen LogP contribution < -0.4 is 5.32 Å². The van der Waals surface area contributed by atoms with Crippen LogP contribution in [0.2, 0.25) is 0 Å². The number of halogens is 1. The Kier molecular flexibility index (Phi) is 3.32. The number of benzene rings is 1. The van der Waals surface area contributed by atoms with Gasteiger partial charge in [0, 0.05) is 5.25 Å². The van der Waals surface area contributed by atoms with Gasteiger partial charge in [-0.05, 0) is 37.1 Å². The zero-order valence-corrected chi connectivity index (χ0v) is 9.90. The molecular formula is C12H16FNS. The van der Waals surface area contributed by atoms with Crippen LogP contribution in [0.3, 0.4) is 0 Å². The molecule has 0 amide bonds. The van der Waals surface area contributed by atoms with Crippen molar-refractivity contribution in [1.29, 1.82) is 0 Å². The fourth-order valence-electron chi connectivity index (χ4n) is 1.73. The maximum absolute atomic E-state index is 13.4. The molecule has 0 aliphatic carbocycles. The lowest BCUT2D eigenvalue weighted by Gasteiger charge is -2.28. The molecule has 15 heavy (non-hydrogen) atoms. The summed E-state index contributed by atoms with van der Waals surface area (Å²) in [6, 6.07) is 5.52. The summed E-state index contributed by atoms with van der Waals surface area (Å²) < 4.78 is 13.4. The molecule has 3 heteroatoms.